The quantitative estimate of drug-likeness (QED) is 0.285. The summed E-state index contributed by atoms with van der Waals surface area (Å²) >= 11 is 5.94. The molecule has 1 aliphatic rings. The molecule has 1 fully saturated rings. The standard InChI is InChI=1S/C17H18ClN7O4/c18-9-3-1-2-8(4-9)5-21-24-17-22-14(19)11-15(23-17)25(7-20-11)16-13(28)12(27)10(6-26)29-16/h1-5,7,10,12-13,16,26-28H,6H2,(H3,19,22,23,24)/b21-5+/t10-,12-,13-,16-/m1/s1. The lowest BCUT2D eigenvalue weighted by molar-refractivity contribution is -0.0511. The third kappa shape index (κ3) is 3.73. The summed E-state index contributed by atoms with van der Waals surface area (Å²) in [6.07, 6.45) is -1.54. The number of benzene rings is 1. The number of nitrogens with two attached hydrogens (primary N) is 1. The van der Waals surface area contributed by atoms with Crippen LogP contribution in [0.2, 0.25) is 5.02 Å². The van der Waals surface area contributed by atoms with Crippen LogP contribution < -0.4 is 11.2 Å². The lowest BCUT2D eigenvalue weighted by Gasteiger charge is -2.16. The molecule has 4 atom stereocenters. The minimum Gasteiger partial charge on any atom is -0.394 e. The van der Waals surface area contributed by atoms with Crippen LogP contribution in [-0.4, -0.2) is 66.0 Å². The summed E-state index contributed by atoms with van der Waals surface area (Å²) in [5, 5.41) is 34.2. The Balaban J connectivity index is 1.62. The maximum atomic E-state index is 10.3. The second kappa shape index (κ2) is 7.89. The number of fused-ring (bicyclic) bond motifs is 1. The molecule has 0 unspecified atom stereocenters. The highest BCUT2D eigenvalue weighted by molar-refractivity contribution is 6.30. The van der Waals surface area contributed by atoms with Crippen LogP contribution in [0.5, 0.6) is 0 Å². The molecule has 2 aromatic heterocycles. The molecular weight excluding hydrogens is 402 g/mol. The Bertz CT molecular complexity index is 1060. The van der Waals surface area contributed by atoms with E-state index in [0.717, 1.165) is 5.56 Å². The average Bonchev–Trinajstić information content (AvgIpc) is 3.24. The van der Waals surface area contributed by atoms with Gasteiger partial charge in [-0.15, -0.1) is 0 Å². The Morgan fingerprint density at radius 2 is 2.14 bits per heavy atom. The van der Waals surface area contributed by atoms with Crippen molar-refractivity contribution in [3.8, 4) is 0 Å². The predicted molar refractivity (Wildman–Crippen MR) is 105 cm³/mol. The van der Waals surface area contributed by atoms with Gasteiger partial charge in [-0.05, 0) is 17.7 Å². The lowest BCUT2D eigenvalue weighted by Crippen LogP contribution is -2.33. The summed E-state index contributed by atoms with van der Waals surface area (Å²) in [7, 11) is 0. The first-order valence-electron chi connectivity index (χ1n) is 8.65. The van der Waals surface area contributed by atoms with E-state index in [4.69, 9.17) is 22.1 Å². The fourth-order valence-corrected chi connectivity index (χ4v) is 3.23. The molecule has 1 aromatic carbocycles. The van der Waals surface area contributed by atoms with Crippen LogP contribution >= 0.6 is 11.6 Å². The van der Waals surface area contributed by atoms with Crippen LogP contribution in [-0.2, 0) is 4.74 Å². The first-order chi connectivity index (χ1) is 14.0. The molecule has 12 heteroatoms. The van der Waals surface area contributed by atoms with Gasteiger partial charge in [0.2, 0.25) is 5.95 Å². The molecule has 1 aliphatic heterocycles. The summed E-state index contributed by atoms with van der Waals surface area (Å²) in [6, 6.07) is 7.11. The van der Waals surface area contributed by atoms with Gasteiger partial charge in [-0.25, -0.2) is 10.4 Å². The minimum atomic E-state index is -1.28. The maximum absolute atomic E-state index is 10.3. The molecule has 0 bridgehead atoms. The molecule has 0 aliphatic carbocycles. The summed E-state index contributed by atoms with van der Waals surface area (Å²) in [5.41, 5.74) is 9.98. The molecular formula is C17H18ClN7O4. The number of ether oxygens (including phenoxy) is 1. The Morgan fingerprint density at radius 3 is 2.86 bits per heavy atom. The maximum Gasteiger partial charge on any atom is 0.247 e. The van der Waals surface area contributed by atoms with Gasteiger partial charge in [-0.1, -0.05) is 23.7 Å². The smallest absolute Gasteiger partial charge is 0.247 e. The van der Waals surface area contributed by atoms with Crippen LogP contribution in [0.3, 0.4) is 0 Å². The van der Waals surface area contributed by atoms with Crippen LogP contribution in [0, 0.1) is 0 Å². The lowest BCUT2D eigenvalue weighted by atomic mass is 10.1. The van der Waals surface area contributed by atoms with Crippen LogP contribution in [0.4, 0.5) is 11.8 Å². The predicted octanol–water partition coefficient (Wildman–Crippen LogP) is 0.119. The summed E-state index contributed by atoms with van der Waals surface area (Å²) < 4.78 is 6.95. The van der Waals surface area contributed by atoms with Crippen molar-refractivity contribution in [3.05, 3.63) is 41.2 Å². The van der Waals surface area contributed by atoms with E-state index >= 15 is 0 Å². The molecule has 3 heterocycles. The third-order valence-corrected chi connectivity index (χ3v) is 4.70. The number of aliphatic hydroxyl groups is 3. The first-order valence-corrected chi connectivity index (χ1v) is 9.03. The van der Waals surface area contributed by atoms with E-state index in [0.29, 0.717) is 10.5 Å². The summed E-state index contributed by atoms with van der Waals surface area (Å²) in [6.45, 7) is -0.441. The van der Waals surface area contributed by atoms with Crippen molar-refractivity contribution in [2.24, 2.45) is 5.10 Å². The Hall–Kier alpha value is -2.83. The largest absolute Gasteiger partial charge is 0.394 e. The number of nitrogens with one attached hydrogen (secondary N) is 1. The van der Waals surface area contributed by atoms with Gasteiger partial charge in [-0.3, -0.25) is 4.57 Å². The number of aromatic nitrogens is 4. The molecule has 152 valence electrons. The van der Waals surface area contributed by atoms with Crippen molar-refractivity contribution in [2.75, 3.05) is 17.8 Å². The first kappa shape index (κ1) is 19.5. The normalized spacial score (nSPS) is 24.6. The second-order valence-corrected chi connectivity index (χ2v) is 6.85. The van der Waals surface area contributed by atoms with Crippen molar-refractivity contribution >= 4 is 40.7 Å². The number of hydrogen-bond donors (Lipinski definition) is 5. The second-order valence-electron chi connectivity index (χ2n) is 6.41. The molecule has 0 spiro atoms. The van der Waals surface area contributed by atoms with Gasteiger partial charge >= 0.3 is 0 Å². The van der Waals surface area contributed by atoms with E-state index in [9.17, 15) is 15.3 Å². The van der Waals surface area contributed by atoms with E-state index in [1.54, 1.807) is 24.4 Å². The summed E-state index contributed by atoms with van der Waals surface area (Å²) in [5.74, 6) is 0.197. The van der Waals surface area contributed by atoms with E-state index in [-0.39, 0.29) is 17.4 Å². The number of aliphatic hydroxyl groups excluding tert-OH is 3. The van der Waals surface area contributed by atoms with E-state index in [1.807, 2.05) is 6.07 Å². The fourth-order valence-electron chi connectivity index (χ4n) is 3.04. The van der Waals surface area contributed by atoms with E-state index in [2.05, 4.69) is 25.5 Å². The van der Waals surface area contributed by atoms with Crippen molar-refractivity contribution in [3.63, 3.8) is 0 Å². The highest BCUT2D eigenvalue weighted by Crippen LogP contribution is 2.32. The minimum absolute atomic E-state index is 0.0981. The Morgan fingerprint density at radius 1 is 1.31 bits per heavy atom. The van der Waals surface area contributed by atoms with Crippen LogP contribution in [0.1, 0.15) is 11.8 Å². The van der Waals surface area contributed by atoms with Crippen molar-refractivity contribution in [1.29, 1.82) is 0 Å². The summed E-state index contributed by atoms with van der Waals surface area (Å²) in [4.78, 5) is 12.6. The SMILES string of the molecule is Nc1nc(N/N=C/c2cccc(Cl)c2)nc2c1ncn2[C@@H]1O[C@H](CO)[C@@H](O)[C@H]1O. The van der Waals surface area contributed by atoms with Gasteiger partial charge in [-0.2, -0.15) is 15.1 Å². The topological polar surface area (TPSA) is 164 Å². The van der Waals surface area contributed by atoms with Crippen molar-refractivity contribution in [2.45, 2.75) is 24.5 Å². The zero-order valence-electron chi connectivity index (χ0n) is 14.9. The molecule has 0 radical (unpaired) electrons. The Kier molecular flexibility index (Phi) is 5.30. The van der Waals surface area contributed by atoms with Gasteiger partial charge in [0.25, 0.3) is 0 Å². The van der Waals surface area contributed by atoms with Gasteiger partial charge in [0.1, 0.15) is 23.8 Å². The molecule has 6 N–H and O–H groups in total. The van der Waals surface area contributed by atoms with Gasteiger partial charge in [0.15, 0.2) is 17.7 Å². The average molecular weight is 420 g/mol. The van der Waals surface area contributed by atoms with Crippen molar-refractivity contribution in [1.82, 2.24) is 19.5 Å². The molecule has 0 amide bonds. The number of nitrogen functional groups attached to an aromatic ring is 1. The van der Waals surface area contributed by atoms with Gasteiger partial charge in [0, 0.05) is 5.02 Å². The number of hydrazone groups is 1. The number of imidazole rings is 1. The van der Waals surface area contributed by atoms with Crippen LogP contribution in [0.15, 0.2) is 35.7 Å². The zero-order valence-corrected chi connectivity index (χ0v) is 15.7. The zero-order chi connectivity index (χ0) is 20.5. The molecule has 3 aromatic rings. The fraction of sp³-hybridized carbons (Fsp3) is 0.294. The third-order valence-electron chi connectivity index (χ3n) is 4.47. The van der Waals surface area contributed by atoms with Crippen LogP contribution in [0.25, 0.3) is 11.2 Å². The Labute approximate surface area is 169 Å². The number of hydrogen-bond acceptors (Lipinski definition) is 10. The number of rotatable bonds is 5. The van der Waals surface area contributed by atoms with Crippen molar-refractivity contribution < 1.29 is 20.1 Å². The number of halogens is 1. The monoisotopic (exact) mass is 419 g/mol. The molecule has 0 saturated carbocycles. The highest BCUT2D eigenvalue weighted by atomic mass is 35.5. The molecule has 1 saturated heterocycles. The molecule has 4 rings (SSSR count). The highest BCUT2D eigenvalue weighted by Gasteiger charge is 2.44. The number of nitrogens with zero attached hydrogens (tertiary/aromatic N) is 5. The molecule has 29 heavy (non-hydrogen) atoms. The van der Waals surface area contributed by atoms with Gasteiger partial charge in [0.05, 0.1) is 19.1 Å². The molecule has 11 nitrogen and oxygen atoms in total. The van der Waals surface area contributed by atoms with E-state index < -0.39 is 31.1 Å². The number of anilines is 2. The van der Waals surface area contributed by atoms with Gasteiger partial charge < -0.3 is 25.8 Å². The van der Waals surface area contributed by atoms with E-state index in [1.165, 1.54) is 10.9 Å².